The first kappa shape index (κ1) is 14.1. The zero-order valence-electron chi connectivity index (χ0n) is 12.0. The third-order valence-corrected chi connectivity index (χ3v) is 6.22. The fourth-order valence-corrected chi connectivity index (χ4v) is 4.51. The lowest BCUT2D eigenvalue weighted by Gasteiger charge is -2.29. The molecule has 4 heteroatoms. The lowest BCUT2D eigenvalue weighted by molar-refractivity contribution is 0.379. The van der Waals surface area contributed by atoms with Crippen LogP contribution in [0.3, 0.4) is 0 Å². The summed E-state index contributed by atoms with van der Waals surface area (Å²) in [5, 5.41) is 3.73. The first-order valence-corrected chi connectivity index (χ1v) is 9.39. The first-order valence-electron chi connectivity index (χ1n) is 7.56. The smallest absolute Gasteiger partial charge is 0.150 e. The standard InChI is InChI=1S/C16H23NO2S/c1-12-2-4-13(5-3-12)16(14-6-7-14)17-15-8-10-20(18,19)11-9-15/h2-5,14-17H,6-11H2,1H3. The SMILES string of the molecule is Cc1ccc(C(NC2CCS(=O)(=O)CC2)C2CC2)cc1. The molecule has 3 nitrogen and oxygen atoms in total. The van der Waals surface area contributed by atoms with E-state index in [2.05, 4.69) is 36.5 Å². The van der Waals surface area contributed by atoms with Gasteiger partial charge in [-0.05, 0) is 44.1 Å². The highest BCUT2D eigenvalue weighted by molar-refractivity contribution is 7.91. The Balaban J connectivity index is 1.68. The highest BCUT2D eigenvalue weighted by atomic mass is 32.2. The van der Waals surface area contributed by atoms with Gasteiger partial charge in [-0.25, -0.2) is 8.42 Å². The second kappa shape index (κ2) is 5.49. The summed E-state index contributed by atoms with van der Waals surface area (Å²) in [7, 11) is -2.77. The van der Waals surface area contributed by atoms with Gasteiger partial charge in [0.15, 0.2) is 0 Å². The molecular weight excluding hydrogens is 270 g/mol. The zero-order chi connectivity index (χ0) is 14.2. The third kappa shape index (κ3) is 3.41. The van der Waals surface area contributed by atoms with Crippen LogP contribution in [0.25, 0.3) is 0 Å². The molecule has 1 aromatic carbocycles. The number of hydrogen-bond acceptors (Lipinski definition) is 3. The first-order chi connectivity index (χ1) is 9.53. The monoisotopic (exact) mass is 293 g/mol. The van der Waals surface area contributed by atoms with Crippen LogP contribution in [0.5, 0.6) is 0 Å². The summed E-state index contributed by atoms with van der Waals surface area (Å²) < 4.78 is 23.0. The van der Waals surface area contributed by atoms with Crippen LogP contribution in [-0.4, -0.2) is 26.0 Å². The van der Waals surface area contributed by atoms with Crippen molar-refractivity contribution in [2.24, 2.45) is 5.92 Å². The van der Waals surface area contributed by atoms with E-state index in [1.807, 2.05) is 0 Å². The van der Waals surface area contributed by atoms with E-state index < -0.39 is 9.84 Å². The van der Waals surface area contributed by atoms with Gasteiger partial charge < -0.3 is 5.32 Å². The number of benzene rings is 1. The minimum Gasteiger partial charge on any atom is -0.307 e. The van der Waals surface area contributed by atoms with Crippen molar-refractivity contribution in [2.75, 3.05) is 11.5 Å². The molecule has 2 aliphatic rings. The van der Waals surface area contributed by atoms with Crippen molar-refractivity contribution in [3.8, 4) is 0 Å². The second-order valence-electron chi connectivity index (χ2n) is 6.32. The van der Waals surface area contributed by atoms with Gasteiger partial charge in [-0.1, -0.05) is 29.8 Å². The summed E-state index contributed by atoms with van der Waals surface area (Å²) in [4.78, 5) is 0. The number of aryl methyl sites for hydroxylation is 1. The van der Waals surface area contributed by atoms with Gasteiger partial charge in [-0.2, -0.15) is 0 Å². The molecule has 2 fully saturated rings. The second-order valence-corrected chi connectivity index (χ2v) is 8.62. The molecule has 20 heavy (non-hydrogen) atoms. The Kier molecular flexibility index (Phi) is 3.87. The summed E-state index contributed by atoms with van der Waals surface area (Å²) in [6.07, 6.45) is 4.10. The average Bonchev–Trinajstić information content (AvgIpc) is 3.23. The molecular formula is C16H23NO2S. The molecule has 1 unspecified atom stereocenters. The molecule has 0 aromatic heterocycles. The molecule has 1 aliphatic heterocycles. The molecule has 1 atom stereocenters. The number of rotatable bonds is 4. The fourth-order valence-electron chi connectivity index (χ4n) is 3.02. The van der Waals surface area contributed by atoms with Gasteiger partial charge in [0.25, 0.3) is 0 Å². The average molecular weight is 293 g/mol. The summed E-state index contributed by atoms with van der Waals surface area (Å²) in [6.45, 7) is 2.11. The highest BCUT2D eigenvalue weighted by Gasteiger charge is 2.34. The number of nitrogens with one attached hydrogen (secondary N) is 1. The molecule has 3 rings (SSSR count). The van der Waals surface area contributed by atoms with Crippen LogP contribution in [0, 0.1) is 12.8 Å². The van der Waals surface area contributed by atoms with Crippen LogP contribution in [0.2, 0.25) is 0 Å². The molecule has 1 aromatic rings. The Morgan fingerprint density at radius 1 is 1.05 bits per heavy atom. The van der Waals surface area contributed by atoms with Crippen LogP contribution < -0.4 is 5.32 Å². The summed E-state index contributed by atoms with van der Waals surface area (Å²) in [5.74, 6) is 1.42. The number of hydrogen-bond donors (Lipinski definition) is 1. The Hall–Kier alpha value is -0.870. The van der Waals surface area contributed by atoms with Gasteiger partial charge >= 0.3 is 0 Å². The molecule has 1 saturated heterocycles. The molecule has 1 N–H and O–H groups in total. The van der Waals surface area contributed by atoms with Crippen LogP contribution >= 0.6 is 0 Å². The Labute approximate surface area is 121 Å². The summed E-state index contributed by atoms with van der Waals surface area (Å²) in [5.41, 5.74) is 2.64. The van der Waals surface area contributed by atoms with Crippen molar-refractivity contribution in [2.45, 2.75) is 44.7 Å². The largest absolute Gasteiger partial charge is 0.307 e. The third-order valence-electron chi connectivity index (χ3n) is 4.50. The Morgan fingerprint density at radius 2 is 1.65 bits per heavy atom. The summed E-state index contributed by atoms with van der Waals surface area (Å²) >= 11 is 0. The van der Waals surface area contributed by atoms with Crippen molar-refractivity contribution in [3.63, 3.8) is 0 Å². The lowest BCUT2D eigenvalue weighted by atomic mass is 9.99. The van der Waals surface area contributed by atoms with Crippen molar-refractivity contribution in [1.82, 2.24) is 5.32 Å². The van der Waals surface area contributed by atoms with Crippen LogP contribution in [-0.2, 0) is 9.84 Å². The van der Waals surface area contributed by atoms with E-state index in [0.29, 0.717) is 23.6 Å². The van der Waals surface area contributed by atoms with E-state index in [1.165, 1.54) is 24.0 Å². The van der Waals surface area contributed by atoms with Gasteiger partial charge in [0.1, 0.15) is 9.84 Å². The molecule has 0 amide bonds. The molecule has 110 valence electrons. The van der Waals surface area contributed by atoms with Gasteiger partial charge in [-0.3, -0.25) is 0 Å². The highest BCUT2D eigenvalue weighted by Crippen LogP contribution is 2.41. The van der Waals surface area contributed by atoms with Crippen molar-refractivity contribution >= 4 is 9.84 Å². The van der Waals surface area contributed by atoms with Gasteiger partial charge in [-0.15, -0.1) is 0 Å². The maximum absolute atomic E-state index is 11.5. The maximum atomic E-state index is 11.5. The Bertz CT molecular complexity index is 547. The normalized spacial score (nSPS) is 24.4. The van der Waals surface area contributed by atoms with E-state index in [4.69, 9.17) is 0 Å². The van der Waals surface area contributed by atoms with E-state index in [0.717, 1.165) is 18.8 Å². The quantitative estimate of drug-likeness (QED) is 0.928. The van der Waals surface area contributed by atoms with E-state index in [9.17, 15) is 8.42 Å². The van der Waals surface area contributed by atoms with E-state index in [1.54, 1.807) is 0 Å². The van der Waals surface area contributed by atoms with Crippen LogP contribution in [0.1, 0.15) is 42.9 Å². The molecule has 1 saturated carbocycles. The molecule has 1 aliphatic carbocycles. The van der Waals surface area contributed by atoms with Gasteiger partial charge in [0, 0.05) is 12.1 Å². The van der Waals surface area contributed by atoms with E-state index >= 15 is 0 Å². The Morgan fingerprint density at radius 3 is 2.20 bits per heavy atom. The van der Waals surface area contributed by atoms with E-state index in [-0.39, 0.29) is 0 Å². The van der Waals surface area contributed by atoms with Crippen molar-refractivity contribution < 1.29 is 8.42 Å². The lowest BCUT2D eigenvalue weighted by Crippen LogP contribution is -2.40. The molecule has 1 heterocycles. The predicted octanol–water partition coefficient (Wildman–Crippen LogP) is 2.61. The van der Waals surface area contributed by atoms with Crippen LogP contribution in [0.15, 0.2) is 24.3 Å². The van der Waals surface area contributed by atoms with Gasteiger partial charge in [0.2, 0.25) is 0 Å². The number of sulfone groups is 1. The predicted molar refractivity (Wildman–Crippen MR) is 81.5 cm³/mol. The molecule has 0 radical (unpaired) electrons. The molecule has 0 bridgehead atoms. The minimum atomic E-state index is -2.77. The van der Waals surface area contributed by atoms with Crippen LogP contribution in [0.4, 0.5) is 0 Å². The van der Waals surface area contributed by atoms with Gasteiger partial charge in [0.05, 0.1) is 11.5 Å². The minimum absolute atomic E-state index is 0.343. The zero-order valence-corrected chi connectivity index (χ0v) is 12.8. The fraction of sp³-hybridized carbons (Fsp3) is 0.625. The topological polar surface area (TPSA) is 46.2 Å². The maximum Gasteiger partial charge on any atom is 0.150 e. The van der Waals surface area contributed by atoms with Crippen molar-refractivity contribution in [3.05, 3.63) is 35.4 Å². The molecule has 0 spiro atoms. The van der Waals surface area contributed by atoms with Crippen molar-refractivity contribution in [1.29, 1.82) is 0 Å². The summed E-state index contributed by atoms with van der Waals surface area (Å²) in [6, 6.07) is 9.51.